The molecule has 0 bridgehead atoms. The maximum atomic E-state index is 11.3. The molecule has 80 valence electrons. The van der Waals surface area contributed by atoms with Gasteiger partial charge in [-0.05, 0) is 0 Å². The minimum Gasteiger partial charge on any atom is -0.503 e. The monoisotopic (exact) mass is 211 g/mol. The largest absolute Gasteiger partial charge is 0.503 e. The highest BCUT2D eigenvalue weighted by molar-refractivity contribution is 5.98. The van der Waals surface area contributed by atoms with E-state index in [0.717, 1.165) is 0 Å². The molecule has 0 spiro atoms. The SMILES string of the molecule is COC(=O)c1cc2c(c(O)c1N)OCO2. The summed E-state index contributed by atoms with van der Waals surface area (Å²) in [6.45, 7) is -0.00698. The van der Waals surface area contributed by atoms with Gasteiger partial charge in [0, 0.05) is 6.07 Å². The summed E-state index contributed by atoms with van der Waals surface area (Å²) in [5, 5.41) is 9.61. The fraction of sp³-hybridized carbons (Fsp3) is 0.222. The summed E-state index contributed by atoms with van der Waals surface area (Å²) in [6, 6.07) is 1.38. The maximum Gasteiger partial charge on any atom is 0.340 e. The van der Waals surface area contributed by atoms with Gasteiger partial charge in [-0.1, -0.05) is 0 Å². The molecule has 1 aromatic rings. The third-order valence-electron chi connectivity index (χ3n) is 2.08. The molecule has 1 aromatic carbocycles. The molecule has 0 saturated heterocycles. The molecular weight excluding hydrogens is 202 g/mol. The number of rotatable bonds is 1. The molecule has 15 heavy (non-hydrogen) atoms. The number of carbonyl (C=O) groups excluding carboxylic acids is 1. The smallest absolute Gasteiger partial charge is 0.340 e. The quantitative estimate of drug-likeness (QED) is 0.399. The van der Waals surface area contributed by atoms with Crippen molar-refractivity contribution in [3.8, 4) is 17.2 Å². The van der Waals surface area contributed by atoms with Crippen LogP contribution in [-0.2, 0) is 4.74 Å². The first-order valence-electron chi connectivity index (χ1n) is 4.14. The summed E-state index contributed by atoms with van der Waals surface area (Å²) in [6.07, 6.45) is 0. The summed E-state index contributed by atoms with van der Waals surface area (Å²) in [5.41, 5.74) is 5.52. The highest BCUT2D eigenvalue weighted by Gasteiger charge is 2.25. The van der Waals surface area contributed by atoms with Crippen LogP contribution in [0, 0.1) is 0 Å². The zero-order valence-corrected chi connectivity index (χ0v) is 7.94. The number of methoxy groups -OCH3 is 1. The van der Waals surface area contributed by atoms with Crippen LogP contribution >= 0.6 is 0 Å². The number of phenolic OH excluding ortho intramolecular Hbond substituents is 1. The Morgan fingerprint density at radius 2 is 2.33 bits per heavy atom. The molecule has 6 nitrogen and oxygen atoms in total. The van der Waals surface area contributed by atoms with E-state index in [9.17, 15) is 9.90 Å². The van der Waals surface area contributed by atoms with Crippen molar-refractivity contribution in [1.82, 2.24) is 0 Å². The van der Waals surface area contributed by atoms with E-state index in [4.69, 9.17) is 15.2 Å². The first-order chi connectivity index (χ1) is 7.15. The molecule has 0 aliphatic carbocycles. The Balaban J connectivity index is 2.59. The summed E-state index contributed by atoms with van der Waals surface area (Å²) >= 11 is 0. The number of ether oxygens (including phenoxy) is 3. The number of phenols is 1. The predicted octanol–water partition coefficient (Wildman–Crippen LogP) is 0.490. The summed E-state index contributed by atoms with van der Waals surface area (Å²) in [7, 11) is 1.23. The Morgan fingerprint density at radius 1 is 1.60 bits per heavy atom. The van der Waals surface area contributed by atoms with Gasteiger partial charge in [-0.15, -0.1) is 0 Å². The molecule has 1 aliphatic rings. The minimum atomic E-state index is -0.638. The third-order valence-corrected chi connectivity index (χ3v) is 2.08. The molecule has 0 atom stereocenters. The van der Waals surface area contributed by atoms with Crippen LogP contribution in [0.4, 0.5) is 5.69 Å². The van der Waals surface area contributed by atoms with E-state index >= 15 is 0 Å². The van der Waals surface area contributed by atoms with Crippen molar-refractivity contribution >= 4 is 11.7 Å². The standard InChI is InChI=1S/C9H9NO5/c1-13-9(12)4-2-5-8(15-3-14-5)7(11)6(4)10/h2,11H,3,10H2,1H3. The van der Waals surface area contributed by atoms with Crippen LogP contribution in [0.15, 0.2) is 6.07 Å². The second-order valence-electron chi connectivity index (χ2n) is 2.91. The Labute approximate surface area is 85.2 Å². The Kier molecular flexibility index (Phi) is 2.03. The number of aromatic hydroxyl groups is 1. The first-order valence-corrected chi connectivity index (χ1v) is 4.14. The van der Waals surface area contributed by atoms with Gasteiger partial charge in [0.05, 0.1) is 18.4 Å². The number of benzene rings is 1. The lowest BCUT2D eigenvalue weighted by Crippen LogP contribution is -2.05. The molecule has 0 amide bonds. The van der Waals surface area contributed by atoms with Crippen molar-refractivity contribution in [2.24, 2.45) is 0 Å². The molecule has 3 N–H and O–H groups in total. The molecule has 6 heteroatoms. The van der Waals surface area contributed by atoms with Crippen molar-refractivity contribution in [2.45, 2.75) is 0 Å². The molecule has 1 heterocycles. The molecule has 0 fully saturated rings. The van der Waals surface area contributed by atoms with Gasteiger partial charge >= 0.3 is 5.97 Å². The van der Waals surface area contributed by atoms with Crippen LogP contribution < -0.4 is 15.2 Å². The van der Waals surface area contributed by atoms with Crippen LogP contribution in [0.3, 0.4) is 0 Å². The van der Waals surface area contributed by atoms with E-state index in [1.54, 1.807) is 0 Å². The maximum absolute atomic E-state index is 11.3. The van der Waals surface area contributed by atoms with Gasteiger partial charge in [-0.3, -0.25) is 0 Å². The van der Waals surface area contributed by atoms with E-state index < -0.39 is 5.97 Å². The molecule has 0 radical (unpaired) electrons. The number of anilines is 1. The van der Waals surface area contributed by atoms with Crippen LogP contribution in [-0.4, -0.2) is 25.0 Å². The Morgan fingerprint density at radius 3 is 3.00 bits per heavy atom. The van der Waals surface area contributed by atoms with Crippen LogP contribution in [0.25, 0.3) is 0 Å². The molecule has 0 aromatic heterocycles. The minimum absolute atomic E-state index is 0.00698. The lowest BCUT2D eigenvalue weighted by molar-refractivity contribution is 0.0601. The fourth-order valence-corrected chi connectivity index (χ4v) is 1.32. The van der Waals surface area contributed by atoms with Gasteiger partial charge < -0.3 is 25.1 Å². The van der Waals surface area contributed by atoms with E-state index in [0.29, 0.717) is 0 Å². The lowest BCUT2D eigenvalue weighted by Gasteiger charge is -2.07. The molecule has 2 rings (SSSR count). The van der Waals surface area contributed by atoms with Crippen LogP contribution in [0.5, 0.6) is 17.2 Å². The second kappa shape index (κ2) is 3.23. The number of nitrogens with two attached hydrogens (primary N) is 1. The zero-order valence-electron chi connectivity index (χ0n) is 7.94. The van der Waals surface area contributed by atoms with E-state index in [2.05, 4.69) is 4.74 Å². The van der Waals surface area contributed by atoms with Gasteiger partial charge in [0.2, 0.25) is 12.5 Å². The van der Waals surface area contributed by atoms with Gasteiger partial charge in [-0.2, -0.15) is 0 Å². The lowest BCUT2D eigenvalue weighted by atomic mass is 10.1. The number of hydrogen-bond donors (Lipinski definition) is 2. The zero-order chi connectivity index (χ0) is 11.0. The molecule has 1 aliphatic heterocycles. The summed E-state index contributed by atoms with van der Waals surface area (Å²) in [5.74, 6) is -0.506. The van der Waals surface area contributed by atoms with Crippen molar-refractivity contribution in [1.29, 1.82) is 0 Å². The van der Waals surface area contributed by atoms with Gasteiger partial charge in [0.1, 0.15) is 0 Å². The highest BCUT2D eigenvalue weighted by Crippen LogP contribution is 2.45. The molecule has 0 unspecified atom stereocenters. The van der Waals surface area contributed by atoms with Gasteiger partial charge in [0.15, 0.2) is 11.5 Å². The second-order valence-corrected chi connectivity index (χ2v) is 2.91. The topological polar surface area (TPSA) is 91.0 Å². The number of carbonyl (C=O) groups is 1. The fourth-order valence-electron chi connectivity index (χ4n) is 1.32. The predicted molar refractivity (Wildman–Crippen MR) is 50.0 cm³/mol. The first kappa shape index (κ1) is 9.45. The van der Waals surface area contributed by atoms with Crippen molar-refractivity contribution in [2.75, 3.05) is 19.6 Å². The van der Waals surface area contributed by atoms with Gasteiger partial charge in [0.25, 0.3) is 0 Å². The van der Waals surface area contributed by atoms with E-state index in [1.807, 2.05) is 0 Å². The van der Waals surface area contributed by atoms with Crippen LogP contribution in [0.2, 0.25) is 0 Å². The number of esters is 1. The van der Waals surface area contributed by atoms with Gasteiger partial charge in [-0.25, -0.2) is 4.79 Å². The van der Waals surface area contributed by atoms with Crippen molar-refractivity contribution < 1.29 is 24.1 Å². The van der Waals surface area contributed by atoms with Crippen LogP contribution in [0.1, 0.15) is 10.4 Å². The molecular formula is C9H9NO5. The highest BCUT2D eigenvalue weighted by atomic mass is 16.7. The van der Waals surface area contributed by atoms with E-state index in [1.165, 1.54) is 13.2 Å². The van der Waals surface area contributed by atoms with E-state index in [-0.39, 0.29) is 35.3 Å². The van der Waals surface area contributed by atoms with Crippen molar-refractivity contribution in [3.05, 3.63) is 11.6 Å². The number of nitrogen functional groups attached to an aromatic ring is 1. The normalized spacial score (nSPS) is 12.6. The van der Waals surface area contributed by atoms with Crippen molar-refractivity contribution in [3.63, 3.8) is 0 Å². The molecule has 0 saturated carbocycles. The average Bonchev–Trinajstić information content (AvgIpc) is 2.70. The Hall–Kier alpha value is -2.11. The summed E-state index contributed by atoms with van der Waals surface area (Å²) < 4.78 is 14.5. The summed E-state index contributed by atoms with van der Waals surface area (Å²) in [4.78, 5) is 11.3. The third kappa shape index (κ3) is 1.30. The number of fused-ring (bicyclic) bond motifs is 1. The number of hydrogen-bond acceptors (Lipinski definition) is 6. The average molecular weight is 211 g/mol. The Bertz CT molecular complexity index is 429.